The fourth-order valence-electron chi connectivity index (χ4n) is 2.63. The lowest BCUT2D eigenvalue weighted by Gasteiger charge is -2.08. The number of phenolic OH excluding ortho intramolecular Hbond substituents is 1. The largest absolute Gasteiger partial charge is 0.507 e. The molecule has 7 heteroatoms. The van der Waals surface area contributed by atoms with E-state index in [0.717, 1.165) is 5.39 Å². The number of hydrogen-bond acceptors (Lipinski definition) is 5. The summed E-state index contributed by atoms with van der Waals surface area (Å²) in [6.07, 6.45) is 0. The molecule has 0 saturated heterocycles. The summed E-state index contributed by atoms with van der Waals surface area (Å²) >= 11 is 0. The lowest BCUT2D eigenvalue weighted by molar-refractivity contribution is -0.385. The van der Waals surface area contributed by atoms with E-state index >= 15 is 0 Å². The summed E-state index contributed by atoms with van der Waals surface area (Å²) in [6, 6.07) is 16.5. The molecule has 0 saturated carbocycles. The van der Waals surface area contributed by atoms with Gasteiger partial charge in [-0.05, 0) is 24.4 Å². The van der Waals surface area contributed by atoms with Crippen molar-refractivity contribution in [1.29, 1.82) is 0 Å². The Labute approximate surface area is 148 Å². The van der Waals surface area contributed by atoms with Gasteiger partial charge in [0.25, 0.3) is 11.6 Å². The molecule has 3 rings (SSSR count). The average Bonchev–Trinajstić information content (AvgIpc) is 2.66. The molecule has 0 fully saturated rings. The second-order valence-electron chi connectivity index (χ2n) is 5.60. The number of amides is 1. The van der Waals surface area contributed by atoms with Crippen LogP contribution in [0.25, 0.3) is 10.8 Å². The molecule has 2 N–H and O–H groups in total. The van der Waals surface area contributed by atoms with E-state index in [-0.39, 0.29) is 17.0 Å². The molecule has 0 aliphatic rings. The number of hydrazone groups is 1. The van der Waals surface area contributed by atoms with E-state index in [1.54, 1.807) is 19.1 Å². The Kier molecular flexibility index (Phi) is 4.62. The molecule has 7 nitrogen and oxygen atoms in total. The van der Waals surface area contributed by atoms with Crippen molar-refractivity contribution in [3.8, 4) is 5.75 Å². The topological polar surface area (TPSA) is 105 Å². The van der Waals surface area contributed by atoms with Crippen molar-refractivity contribution >= 4 is 28.1 Å². The van der Waals surface area contributed by atoms with Crippen LogP contribution >= 0.6 is 0 Å². The second kappa shape index (κ2) is 7.02. The van der Waals surface area contributed by atoms with Crippen molar-refractivity contribution < 1.29 is 14.8 Å². The van der Waals surface area contributed by atoms with Crippen LogP contribution in [-0.4, -0.2) is 21.6 Å². The number of benzene rings is 3. The molecule has 0 bridgehead atoms. The fraction of sp³-hybridized carbons (Fsp3) is 0.0526. The molecule has 0 spiro atoms. The lowest BCUT2D eigenvalue weighted by atomic mass is 10.0. The maximum absolute atomic E-state index is 12.2. The van der Waals surface area contributed by atoms with Gasteiger partial charge in [-0.2, -0.15) is 5.10 Å². The third-order valence-electron chi connectivity index (χ3n) is 3.96. The number of hydrogen-bond donors (Lipinski definition) is 2. The van der Waals surface area contributed by atoms with E-state index in [1.807, 2.05) is 24.3 Å². The summed E-state index contributed by atoms with van der Waals surface area (Å²) in [4.78, 5) is 22.6. The summed E-state index contributed by atoms with van der Waals surface area (Å²) in [7, 11) is 0. The molecule has 0 aliphatic carbocycles. The number of nitrogens with one attached hydrogen (secondary N) is 1. The predicted octanol–water partition coefficient (Wildman–Crippen LogP) is 3.61. The van der Waals surface area contributed by atoms with Gasteiger partial charge < -0.3 is 5.11 Å². The van der Waals surface area contributed by atoms with Crippen LogP contribution in [0.3, 0.4) is 0 Å². The minimum Gasteiger partial charge on any atom is -0.507 e. The first kappa shape index (κ1) is 17.1. The van der Waals surface area contributed by atoms with Gasteiger partial charge in [-0.25, -0.2) is 5.43 Å². The maximum Gasteiger partial charge on any atom is 0.282 e. The van der Waals surface area contributed by atoms with E-state index in [2.05, 4.69) is 10.5 Å². The first-order chi connectivity index (χ1) is 12.5. The van der Waals surface area contributed by atoms with Crippen LogP contribution in [0, 0.1) is 10.1 Å². The number of aromatic hydroxyl groups is 1. The standard InChI is InChI=1S/C19H15N3O4/c1-12(14-11-10-13-6-2-3-7-15(13)18(14)23)20-21-19(24)16-8-4-5-9-17(16)22(25)26/h2-11,23H,1H3,(H,21,24)/b20-12+. The highest BCUT2D eigenvalue weighted by atomic mass is 16.6. The van der Waals surface area contributed by atoms with Gasteiger partial charge in [0.05, 0.1) is 10.6 Å². The zero-order chi connectivity index (χ0) is 18.7. The average molecular weight is 349 g/mol. The highest BCUT2D eigenvalue weighted by Gasteiger charge is 2.19. The molecule has 0 heterocycles. The SMILES string of the molecule is C/C(=N\NC(=O)c1ccccc1[N+](=O)[O-])c1ccc2ccccc2c1O. The van der Waals surface area contributed by atoms with Crippen molar-refractivity contribution in [3.63, 3.8) is 0 Å². The van der Waals surface area contributed by atoms with Gasteiger partial charge in [-0.1, -0.05) is 42.5 Å². The minimum atomic E-state index is -0.697. The summed E-state index contributed by atoms with van der Waals surface area (Å²) in [6.45, 7) is 1.63. The molecule has 1 amide bonds. The molecule has 0 aromatic heterocycles. The van der Waals surface area contributed by atoms with E-state index in [4.69, 9.17) is 0 Å². The van der Waals surface area contributed by atoms with E-state index in [0.29, 0.717) is 16.7 Å². The van der Waals surface area contributed by atoms with Gasteiger partial charge in [0.15, 0.2) is 0 Å². The molecular formula is C19H15N3O4. The number of nitrogens with zero attached hydrogens (tertiary/aromatic N) is 2. The Bertz CT molecular complexity index is 1040. The first-order valence-electron chi connectivity index (χ1n) is 7.78. The van der Waals surface area contributed by atoms with Crippen molar-refractivity contribution in [2.75, 3.05) is 0 Å². The Morgan fingerprint density at radius 2 is 1.73 bits per heavy atom. The quantitative estimate of drug-likeness (QED) is 0.426. The van der Waals surface area contributed by atoms with Crippen molar-refractivity contribution in [2.24, 2.45) is 5.10 Å². The maximum atomic E-state index is 12.2. The van der Waals surface area contributed by atoms with Gasteiger partial charge >= 0.3 is 0 Å². The normalized spacial score (nSPS) is 11.3. The van der Waals surface area contributed by atoms with E-state index < -0.39 is 10.8 Å². The number of nitro groups is 1. The van der Waals surface area contributed by atoms with Crippen LogP contribution in [0.15, 0.2) is 65.8 Å². The Morgan fingerprint density at radius 1 is 1.04 bits per heavy atom. The molecule has 0 atom stereocenters. The summed E-state index contributed by atoms with van der Waals surface area (Å²) in [5.74, 6) is -0.638. The minimum absolute atomic E-state index is 0.0595. The molecule has 0 radical (unpaired) electrons. The van der Waals surface area contributed by atoms with Gasteiger partial charge in [-0.3, -0.25) is 14.9 Å². The molecule has 0 aliphatic heterocycles. The number of rotatable bonds is 4. The monoisotopic (exact) mass is 349 g/mol. The summed E-state index contributed by atoms with van der Waals surface area (Å²) in [5.41, 5.74) is 2.75. The van der Waals surface area contributed by atoms with Crippen LogP contribution in [-0.2, 0) is 0 Å². The lowest BCUT2D eigenvalue weighted by Crippen LogP contribution is -2.20. The first-order valence-corrected chi connectivity index (χ1v) is 7.78. The molecule has 26 heavy (non-hydrogen) atoms. The highest BCUT2D eigenvalue weighted by Crippen LogP contribution is 2.29. The summed E-state index contributed by atoms with van der Waals surface area (Å²) < 4.78 is 0. The predicted molar refractivity (Wildman–Crippen MR) is 98.4 cm³/mol. The van der Waals surface area contributed by atoms with E-state index in [9.17, 15) is 20.0 Å². The number of para-hydroxylation sites is 1. The van der Waals surface area contributed by atoms with Crippen LogP contribution in [0.4, 0.5) is 5.69 Å². The zero-order valence-electron chi connectivity index (χ0n) is 13.8. The molecule has 130 valence electrons. The summed E-state index contributed by atoms with van der Waals surface area (Å²) in [5, 5.41) is 27.0. The number of carbonyl (C=O) groups is 1. The van der Waals surface area contributed by atoms with E-state index in [1.165, 1.54) is 24.3 Å². The Hall–Kier alpha value is -3.74. The fourth-order valence-corrected chi connectivity index (χ4v) is 2.63. The third kappa shape index (κ3) is 3.23. The van der Waals surface area contributed by atoms with Crippen molar-refractivity contribution in [1.82, 2.24) is 5.43 Å². The van der Waals surface area contributed by atoms with Crippen molar-refractivity contribution in [2.45, 2.75) is 6.92 Å². The zero-order valence-corrected chi connectivity index (χ0v) is 13.8. The molecule has 0 unspecified atom stereocenters. The number of phenols is 1. The highest BCUT2D eigenvalue weighted by molar-refractivity contribution is 6.07. The number of nitro benzene ring substituents is 1. The van der Waals surface area contributed by atoms with Crippen LogP contribution in [0.1, 0.15) is 22.8 Å². The van der Waals surface area contributed by atoms with Gasteiger partial charge in [0.1, 0.15) is 11.3 Å². The Morgan fingerprint density at radius 3 is 2.50 bits per heavy atom. The molecule has 3 aromatic rings. The van der Waals surface area contributed by atoms with Gasteiger partial charge in [-0.15, -0.1) is 0 Å². The Balaban J connectivity index is 1.89. The van der Waals surface area contributed by atoms with Gasteiger partial charge in [0, 0.05) is 17.0 Å². The van der Waals surface area contributed by atoms with Crippen molar-refractivity contribution in [3.05, 3.63) is 81.9 Å². The second-order valence-corrected chi connectivity index (χ2v) is 5.60. The smallest absolute Gasteiger partial charge is 0.282 e. The molecule has 3 aromatic carbocycles. The number of carbonyl (C=O) groups excluding carboxylic acids is 1. The van der Waals surface area contributed by atoms with Crippen LogP contribution < -0.4 is 5.43 Å². The van der Waals surface area contributed by atoms with Gasteiger partial charge in [0.2, 0.25) is 0 Å². The number of fused-ring (bicyclic) bond motifs is 1. The third-order valence-corrected chi connectivity index (χ3v) is 3.96. The molecular weight excluding hydrogens is 334 g/mol. The van der Waals surface area contributed by atoms with Crippen LogP contribution in [0.5, 0.6) is 5.75 Å². The van der Waals surface area contributed by atoms with Crippen LogP contribution in [0.2, 0.25) is 0 Å².